The number of ether oxygens (including phenoxy) is 2. The first kappa shape index (κ1) is 13.4. The van der Waals surface area contributed by atoms with Gasteiger partial charge in [0.2, 0.25) is 0 Å². The van der Waals surface area contributed by atoms with Crippen LogP contribution >= 0.6 is 0 Å². The number of rotatable bonds is 8. The number of benzene rings is 1. The second kappa shape index (κ2) is 6.76. The van der Waals surface area contributed by atoms with Crippen LogP contribution < -0.4 is 5.32 Å². The van der Waals surface area contributed by atoms with E-state index in [0.29, 0.717) is 25.9 Å². The molecule has 18 heavy (non-hydrogen) atoms. The van der Waals surface area contributed by atoms with Crippen molar-refractivity contribution in [2.45, 2.75) is 32.4 Å². The van der Waals surface area contributed by atoms with Gasteiger partial charge in [0, 0.05) is 18.8 Å². The lowest BCUT2D eigenvalue weighted by Gasteiger charge is -2.15. The van der Waals surface area contributed by atoms with E-state index in [0.717, 1.165) is 5.92 Å². The first-order valence-corrected chi connectivity index (χ1v) is 6.72. The fourth-order valence-corrected chi connectivity index (χ4v) is 2.06. The largest absolute Gasteiger partial charge is 0.382 e. The first-order chi connectivity index (χ1) is 8.79. The monoisotopic (exact) mass is 249 g/mol. The van der Waals surface area contributed by atoms with Crippen molar-refractivity contribution < 1.29 is 9.47 Å². The Balaban J connectivity index is 1.80. The Labute approximate surface area is 109 Å². The molecule has 0 heterocycles. The van der Waals surface area contributed by atoms with E-state index in [1.807, 2.05) is 0 Å². The molecule has 2 rings (SSSR count). The van der Waals surface area contributed by atoms with Crippen LogP contribution in [0.25, 0.3) is 0 Å². The van der Waals surface area contributed by atoms with Gasteiger partial charge in [-0.3, -0.25) is 0 Å². The van der Waals surface area contributed by atoms with E-state index in [-0.39, 0.29) is 0 Å². The van der Waals surface area contributed by atoms with Gasteiger partial charge in [0.15, 0.2) is 0 Å². The van der Waals surface area contributed by atoms with Crippen LogP contribution in [0.3, 0.4) is 0 Å². The van der Waals surface area contributed by atoms with E-state index in [4.69, 9.17) is 9.47 Å². The Morgan fingerprint density at radius 1 is 1.33 bits per heavy atom. The molecule has 0 saturated heterocycles. The standard InChI is InChI=1S/C15H23NO2/c1-12(14-6-7-14)16-15-5-3-4-13(10-15)11-18-9-8-17-2/h3-5,10,12,14,16H,6-9,11H2,1-2H3. The van der Waals surface area contributed by atoms with Gasteiger partial charge in [0.1, 0.15) is 0 Å². The maximum Gasteiger partial charge on any atom is 0.0718 e. The fourth-order valence-electron chi connectivity index (χ4n) is 2.06. The van der Waals surface area contributed by atoms with Crippen LogP contribution in [0.4, 0.5) is 5.69 Å². The summed E-state index contributed by atoms with van der Waals surface area (Å²) in [6.45, 7) is 4.21. The third-order valence-electron chi connectivity index (χ3n) is 3.35. The maximum absolute atomic E-state index is 5.53. The summed E-state index contributed by atoms with van der Waals surface area (Å²) >= 11 is 0. The minimum Gasteiger partial charge on any atom is -0.382 e. The van der Waals surface area contributed by atoms with Crippen LogP contribution in [0.1, 0.15) is 25.3 Å². The average molecular weight is 249 g/mol. The van der Waals surface area contributed by atoms with Gasteiger partial charge in [-0.15, -0.1) is 0 Å². The molecule has 0 amide bonds. The van der Waals surface area contributed by atoms with Crippen molar-refractivity contribution >= 4 is 5.69 Å². The summed E-state index contributed by atoms with van der Waals surface area (Å²) in [7, 11) is 1.69. The Kier molecular flexibility index (Phi) is 5.02. The molecule has 0 bridgehead atoms. The summed E-state index contributed by atoms with van der Waals surface area (Å²) in [6.07, 6.45) is 2.74. The van der Waals surface area contributed by atoms with E-state index in [9.17, 15) is 0 Å². The normalized spacial score (nSPS) is 16.6. The fraction of sp³-hybridized carbons (Fsp3) is 0.600. The van der Waals surface area contributed by atoms with E-state index in [1.165, 1.54) is 24.1 Å². The Morgan fingerprint density at radius 3 is 2.89 bits per heavy atom. The summed E-state index contributed by atoms with van der Waals surface area (Å²) < 4.78 is 10.5. The Bertz CT molecular complexity index is 363. The van der Waals surface area contributed by atoms with Gasteiger partial charge in [-0.2, -0.15) is 0 Å². The molecular formula is C15H23NO2. The lowest BCUT2D eigenvalue weighted by molar-refractivity contribution is 0.0617. The highest BCUT2D eigenvalue weighted by molar-refractivity contribution is 5.46. The van der Waals surface area contributed by atoms with Gasteiger partial charge >= 0.3 is 0 Å². The third kappa shape index (κ3) is 4.31. The molecule has 1 atom stereocenters. The molecule has 0 radical (unpaired) electrons. The summed E-state index contributed by atoms with van der Waals surface area (Å²) in [5.41, 5.74) is 2.40. The summed E-state index contributed by atoms with van der Waals surface area (Å²) in [5.74, 6) is 0.867. The minimum absolute atomic E-state index is 0.578. The number of hydrogen-bond acceptors (Lipinski definition) is 3. The van der Waals surface area contributed by atoms with Crippen molar-refractivity contribution in [2.75, 3.05) is 25.6 Å². The smallest absolute Gasteiger partial charge is 0.0718 e. The molecule has 0 aromatic heterocycles. The van der Waals surface area contributed by atoms with Crippen LogP contribution in [-0.4, -0.2) is 26.4 Å². The van der Waals surface area contributed by atoms with Gasteiger partial charge in [-0.25, -0.2) is 0 Å². The van der Waals surface area contributed by atoms with Crippen molar-refractivity contribution in [1.82, 2.24) is 0 Å². The van der Waals surface area contributed by atoms with Crippen molar-refractivity contribution in [3.8, 4) is 0 Å². The molecule has 1 unspecified atom stereocenters. The summed E-state index contributed by atoms with van der Waals surface area (Å²) in [5, 5.41) is 3.57. The first-order valence-electron chi connectivity index (χ1n) is 6.72. The van der Waals surface area contributed by atoms with Gasteiger partial charge < -0.3 is 14.8 Å². The molecule has 1 saturated carbocycles. The van der Waals surface area contributed by atoms with Gasteiger partial charge in [0.25, 0.3) is 0 Å². The molecule has 100 valence electrons. The molecule has 1 aromatic carbocycles. The van der Waals surface area contributed by atoms with Crippen molar-refractivity contribution in [3.05, 3.63) is 29.8 Å². The zero-order chi connectivity index (χ0) is 12.8. The average Bonchev–Trinajstić information content (AvgIpc) is 3.19. The molecule has 1 fully saturated rings. The van der Waals surface area contributed by atoms with Gasteiger partial charge in [-0.05, 0) is 43.4 Å². The minimum atomic E-state index is 0.578. The quantitative estimate of drug-likeness (QED) is 0.718. The van der Waals surface area contributed by atoms with Crippen LogP contribution in [0.15, 0.2) is 24.3 Å². The predicted octanol–water partition coefficient (Wildman–Crippen LogP) is 3.06. The highest BCUT2D eigenvalue weighted by atomic mass is 16.5. The molecule has 0 aliphatic heterocycles. The van der Waals surface area contributed by atoms with E-state index in [1.54, 1.807) is 7.11 Å². The van der Waals surface area contributed by atoms with Gasteiger partial charge in [-0.1, -0.05) is 12.1 Å². The molecule has 1 N–H and O–H groups in total. The number of anilines is 1. The SMILES string of the molecule is COCCOCc1cccc(NC(C)C2CC2)c1. The second-order valence-corrected chi connectivity index (χ2v) is 5.02. The summed E-state index contributed by atoms with van der Waals surface area (Å²) in [6, 6.07) is 9.05. The predicted molar refractivity (Wildman–Crippen MR) is 73.8 cm³/mol. The van der Waals surface area contributed by atoms with Crippen LogP contribution in [0, 0.1) is 5.92 Å². The van der Waals surface area contributed by atoms with Crippen molar-refractivity contribution in [2.24, 2.45) is 5.92 Å². The van der Waals surface area contributed by atoms with Crippen molar-refractivity contribution in [3.63, 3.8) is 0 Å². The third-order valence-corrected chi connectivity index (χ3v) is 3.35. The summed E-state index contributed by atoms with van der Waals surface area (Å²) in [4.78, 5) is 0. The molecule has 1 aliphatic rings. The molecule has 3 heteroatoms. The van der Waals surface area contributed by atoms with E-state index < -0.39 is 0 Å². The number of methoxy groups -OCH3 is 1. The Morgan fingerprint density at radius 2 is 2.17 bits per heavy atom. The lowest BCUT2D eigenvalue weighted by Crippen LogP contribution is -2.17. The zero-order valence-electron chi connectivity index (χ0n) is 11.3. The Hall–Kier alpha value is -1.06. The molecule has 0 spiro atoms. The van der Waals surface area contributed by atoms with Crippen molar-refractivity contribution in [1.29, 1.82) is 0 Å². The van der Waals surface area contributed by atoms with Crippen LogP contribution in [0.2, 0.25) is 0 Å². The molecule has 1 aromatic rings. The molecule has 3 nitrogen and oxygen atoms in total. The van der Waals surface area contributed by atoms with Gasteiger partial charge in [0.05, 0.1) is 19.8 Å². The maximum atomic E-state index is 5.53. The zero-order valence-corrected chi connectivity index (χ0v) is 11.3. The van der Waals surface area contributed by atoms with E-state index >= 15 is 0 Å². The highest BCUT2D eigenvalue weighted by Gasteiger charge is 2.27. The second-order valence-electron chi connectivity index (χ2n) is 5.02. The topological polar surface area (TPSA) is 30.5 Å². The van der Waals surface area contributed by atoms with Crippen LogP contribution in [-0.2, 0) is 16.1 Å². The number of hydrogen-bond donors (Lipinski definition) is 1. The lowest BCUT2D eigenvalue weighted by atomic mass is 10.1. The number of nitrogens with one attached hydrogen (secondary N) is 1. The van der Waals surface area contributed by atoms with E-state index in [2.05, 4.69) is 36.5 Å². The highest BCUT2D eigenvalue weighted by Crippen LogP contribution is 2.33. The molecular weight excluding hydrogens is 226 g/mol. The molecule has 1 aliphatic carbocycles. The van der Waals surface area contributed by atoms with Crippen LogP contribution in [0.5, 0.6) is 0 Å².